The molecular weight excluding hydrogens is 443 g/mol. The second-order valence-corrected chi connectivity index (χ2v) is 9.02. The molecule has 35 heavy (non-hydrogen) atoms. The largest absolute Gasteiger partial charge is 0.496 e. The Bertz CT molecular complexity index is 1180. The molecule has 2 aromatic carbocycles. The van der Waals surface area contributed by atoms with Crippen molar-refractivity contribution in [1.82, 2.24) is 10.2 Å². The lowest BCUT2D eigenvalue weighted by Crippen LogP contribution is -2.32. The maximum Gasteiger partial charge on any atom is 0.244 e. The Balaban J connectivity index is 1.83. The lowest BCUT2D eigenvalue weighted by atomic mass is 9.96. The van der Waals surface area contributed by atoms with Gasteiger partial charge in [-0.3, -0.25) is 4.79 Å². The zero-order valence-electron chi connectivity index (χ0n) is 21.7. The molecule has 3 rings (SSSR count). The Labute approximate surface area is 207 Å². The molecule has 0 fully saturated rings. The molecule has 1 N–H and O–H groups in total. The SMILES string of the molecule is CCN(CC)CCCC(C)NC(=O)/C=C(\C)c1cc2c(-c3ccc(F)cc3)coc2c(C)c1OC. The minimum atomic E-state index is -0.285. The highest BCUT2D eigenvalue weighted by Crippen LogP contribution is 2.40. The van der Waals surface area contributed by atoms with Gasteiger partial charge in [0.05, 0.1) is 13.4 Å². The van der Waals surface area contributed by atoms with Crippen LogP contribution in [-0.2, 0) is 4.79 Å². The lowest BCUT2D eigenvalue weighted by Gasteiger charge is -2.19. The molecule has 0 bridgehead atoms. The lowest BCUT2D eigenvalue weighted by molar-refractivity contribution is -0.117. The minimum Gasteiger partial charge on any atom is -0.496 e. The van der Waals surface area contributed by atoms with Gasteiger partial charge >= 0.3 is 0 Å². The molecule has 0 aliphatic carbocycles. The van der Waals surface area contributed by atoms with Crippen LogP contribution in [0.2, 0.25) is 0 Å². The van der Waals surface area contributed by atoms with Crippen LogP contribution in [0.15, 0.2) is 47.1 Å². The van der Waals surface area contributed by atoms with Gasteiger partial charge in [0, 0.05) is 34.2 Å². The molecule has 0 aliphatic rings. The van der Waals surface area contributed by atoms with Gasteiger partial charge in [-0.25, -0.2) is 4.39 Å². The summed E-state index contributed by atoms with van der Waals surface area (Å²) in [5, 5.41) is 3.98. The Morgan fingerprint density at radius 2 is 1.91 bits per heavy atom. The molecule has 1 heterocycles. The van der Waals surface area contributed by atoms with E-state index in [1.807, 2.05) is 26.8 Å². The third-order valence-corrected chi connectivity index (χ3v) is 6.57. The minimum absolute atomic E-state index is 0.0900. The van der Waals surface area contributed by atoms with E-state index in [9.17, 15) is 9.18 Å². The van der Waals surface area contributed by atoms with Crippen molar-refractivity contribution in [2.24, 2.45) is 0 Å². The van der Waals surface area contributed by atoms with Crippen LogP contribution in [0.25, 0.3) is 27.7 Å². The number of nitrogens with one attached hydrogen (secondary N) is 1. The summed E-state index contributed by atoms with van der Waals surface area (Å²) in [6.07, 6.45) is 5.28. The first-order valence-electron chi connectivity index (χ1n) is 12.3. The highest BCUT2D eigenvalue weighted by atomic mass is 19.1. The van der Waals surface area contributed by atoms with E-state index >= 15 is 0 Å². The summed E-state index contributed by atoms with van der Waals surface area (Å²) in [6.45, 7) is 13.4. The number of carbonyl (C=O) groups is 1. The van der Waals surface area contributed by atoms with Crippen molar-refractivity contribution in [3.05, 3.63) is 59.6 Å². The van der Waals surface area contributed by atoms with Crippen LogP contribution in [0.4, 0.5) is 4.39 Å². The van der Waals surface area contributed by atoms with Gasteiger partial charge in [0.1, 0.15) is 17.1 Å². The number of methoxy groups -OCH3 is 1. The van der Waals surface area contributed by atoms with E-state index in [0.29, 0.717) is 11.3 Å². The maximum atomic E-state index is 13.4. The number of aryl methyl sites for hydroxylation is 1. The van der Waals surface area contributed by atoms with E-state index in [1.165, 1.54) is 12.1 Å². The van der Waals surface area contributed by atoms with Crippen molar-refractivity contribution in [1.29, 1.82) is 0 Å². The third kappa shape index (κ3) is 6.31. The Kier molecular flexibility index (Phi) is 9.10. The molecular formula is C29H37FN2O3. The second kappa shape index (κ2) is 12.0. The zero-order valence-corrected chi connectivity index (χ0v) is 21.7. The third-order valence-electron chi connectivity index (χ3n) is 6.57. The highest BCUT2D eigenvalue weighted by molar-refractivity contribution is 6.01. The first-order chi connectivity index (χ1) is 16.8. The Morgan fingerprint density at radius 3 is 2.54 bits per heavy atom. The molecule has 0 saturated carbocycles. The molecule has 0 radical (unpaired) electrons. The summed E-state index contributed by atoms with van der Waals surface area (Å²) < 4.78 is 25.0. The highest BCUT2D eigenvalue weighted by Gasteiger charge is 2.19. The standard InChI is InChI=1S/C29H37FN2O3/c1-7-32(8-2)15-9-10-20(4)31-27(33)16-19(3)24-17-25-26(22-11-13-23(30)14-12-22)18-35-29(25)21(5)28(24)34-6/h11-14,16-18,20H,7-10,15H2,1-6H3,(H,31,33)/b19-16+. The van der Waals surface area contributed by atoms with E-state index in [1.54, 1.807) is 31.6 Å². The number of hydrogen-bond acceptors (Lipinski definition) is 4. The fourth-order valence-electron chi connectivity index (χ4n) is 4.52. The number of ether oxygens (including phenoxy) is 1. The number of hydrogen-bond donors (Lipinski definition) is 1. The number of benzene rings is 2. The van der Waals surface area contributed by atoms with Crippen LogP contribution in [0.1, 0.15) is 51.7 Å². The molecule has 0 saturated heterocycles. The molecule has 3 aromatic rings. The van der Waals surface area contributed by atoms with Crippen molar-refractivity contribution in [3.63, 3.8) is 0 Å². The Hall–Kier alpha value is -3.12. The van der Waals surface area contributed by atoms with Crippen LogP contribution >= 0.6 is 0 Å². The predicted molar refractivity (Wildman–Crippen MR) is 141 cm³/mol. The molecule has 1 unspecified atom stereocenters. The van der Waals surface area contributed by atoms with E-state index in [0.717, 1.165) is 65.7 Å². The van der Waals surface area contributed by atoms with Crippen molar-refractivity contribution < 1.29 is 18.3 Å². The predicted octanol–water partition coefficient (Wildman–Crippen LogP) is 6.59. The van der Waals surface area contributed by atoms with Crippen molar-refractivity contribution in [3.8, 4) is 16.9 Å². The summed E-state index contributed by atoms with van der Waals surface area (Å²) in [5.74, 6) is 0.266. The van der Waals surface area contributed by atoms with Crippen molar-refractivity contribution in [2.45, 2.75) is 53.5 Å². The van der Waals surface area contributed by atoms with Gasteiger partial charge in [-0.15, -0.1) is 0 Å². The number of furan rings is 1. The molecule has 1 aromatic heterocycles. The average molecular weight is 481 g/mol. The summed E-state index contributed by atoms with van der Waals surface area (Å²) in [5.41, 5.74) is 4.91. The summed E-state index contributed by atoms with van der Waals surface area (Å²) in [4.78, 5) is 15.2. The van der Waals surface area contributed by atoms with Crippen LogP contribution < -0.4 is 10.1 Å². The quantitative estimate of drug-likeness (QED) is 0.315. The number of fused-ring (bicyclic) bond motifs is 1. The van der Waals surface area contributed by atoms with E-state index in [2.05, 4.69) is 24.1 Å². The van der Waals surface area contributed by atoms with Gasteiger partial charge in [-0.1, -0.05) is 26.0 Å². The molecule has 6 heteroatoms. The summed E-state index contributed by atoms with van der Waals surface area (Å²) in [7, 11) is 1.62. The maximum absolute atomic E-state index is 13.4. The van der Waals surface area contributed by atoms with Gasteiger partial charge in [0.2, 0.25) is 5.91 Å². The van der Waals surface area contributed by atoms with E-state index in [-0.39, 0.29) is 17.8 Å². The van der Waals surface area contributed by atoms with E-state index < -0.39 is 0 Å². The molecule has 1 amide bonds. The molecule has 1 atom stereocenters. The molecule has 188 valence electrons. The fraction of sp³-hybridized carbons (Fsp3) is 0.414. The smallest absolute Gasteiger partial charge is 0.244 e. The normalized spacial score (nSPS) is 12.9. The first-order valence-corrected chi connectivity index (χ1v) is 12.3. The molecule has 0 aliphatic heterocycles. The van der Waals surface area contributed by atoms with Crippen LogP contribution in [0.3, 0.4) is 0 Å². The topological polar surface area (TPSA) is 54.7 Å². The zero-order chi connectivity index (χ0) is 25.5. The second-order valence-electron chi connectivity index (χ2n) is 9.02. The van der Waals surface area contributed by atoms with Gasteiger partial charge in [-0.05, 0) is 82.6 Å². The monoisotopic (exact) mass is 480 g/mol. The van der Waals surface area contributed by atoms with Crippen LogP contribution in [-0.4, -0.2) is 43.6 Å². The molecule has 5 nitrogen and oxygen atoms in total. The van der Waals surface area contributed by atoms with Gasteiger partial charge in [0.15, 0.2) is 0 Å². The van der Waals surface area contributed by atoms with E-state index in [4.69, 9.17) is 9.15 Å². The number of allylic oxidation sites excluding steroid dienone is 1. The van der Waals surface area contributed by atoms with Crippen molar-refractivity contribution in [2.75, 3.05) is 26.7 Å². The van der Waals surface area contributed by atoms with Crippen LogP contribution in [0.5, 0.6) is 5.75 Å². The molecule has 0 spiro atoms. The van der Waals surface area contributed by atoms with Gasteiger partial charge in [0.25, 0.3) is 0 Å². The summed E-state index contributed by atoms with van der Waals surface area (Å²) >= 11 is 0. The summed E-state index contributed by atoms with van der Waals surface area (Å²) in [6, 6.07) is 8.41. The number of halogens is 1. The van der Waals surface area contributed by atoms with Gasteiger partial charge in [-0.2, -0.15) is 0 Å². The van der Waals surface area contributed by atoms with Crippen molar-refractivity contribution >= 4 is 22.4 Å². The first kappa shape index (κ1) is 26.5. The fourth-order valence-corrected chi connectivity index (χ4v) is 4.52. The number of carbonyl (C=O) groups excluding carboxylic acids is 1. The van der Waals surface area contributed by atoms with Crippen LogP contribution in [0, 0.1) is 12.7 Å². The number of nitrogens with zero attached hydrogens (tertiary/aromatic N) is 1. The van der Waals surface area contributed by atoms with Gasteiger partial charge < -0.3 is 19.4 Å². The number of rotatable bonds is 11. The average Bonchev–Trinajstić information content (AvgIpc) is 3.26. The Morgan fingerprint density at radius 1 is 1.23 bits per heavy atom. The number of amides is 1.